The van der Waals surface area contributed by atoms with Crippen molar-refractivity contribution >= 4 is 23.9 Å². The molecule has 0 aliphatic rings. The first-order chi connectivity index (χ1) is 10.2. The number of hydrazine groups is 1. The molecule has 0 rings (SSSR count). The van der Waals surface area contributed by atoms with E-state index in [0.29, 0.717) is 5.01 Å². The van der Waals surface area contributed by atoms with Crippen molar-refractivity contribution < 1.29 is 33.4 Å². The van der Waals surface area contributed by atoms with Crippen LogP contribution < -0.4 is 5.43 Å². The fourth-order valence-corrected chi connectivity index (χ4v) is 1.45. The molecule has 0 heterocycles. The lowest BCUT2D eigenvalue weighted by Gasteiger charge is -2.35. The third kappa shape index (κ3) is 4.61. The third-order valence-corrected chi connectivity index (χ3v) is 2.73. The summed E-state index contributed by atoms with van der Waals surface area (Å²) in [5.41, 5.74) is -0.0346. The van der Waals surface area contributed by atoms with Crippen molar-refractivity contribution in [2.45, 2.75) is 40.2 Å². The number of ketones is 1. The van der Waals surface area contributed by atoms with Gasteiger partial charge in [-0.2, -0.15) is 5.01 Å². The highest BCUT2D eigenvalue weighted by Crippen LogP contribution is 2.18. The van der Waals surface area contributed by atoms with Crippen LogP contribution in [0.4, 0.5) is 9.59 Å². The molecular weight excluding hydrogens is 296 g/mol. The Morgan fingerprint density at radius 1 is 0.955 bits per heavy atom. The normalized spacial score (nSPS) is 12.6. The van der Waals surface area contributed by atoms with Crippen LogP contribution in [0.25, 0.3) is 0 Å². The maximum atomic E-state index is 12.1. The molecule has 0 spiro atoms. The molecule has 0 fully saturated rings. The molecule has 1 N–H and O–H groups in total. The molecule has 0 aliphatic carbocycles. The molecule has 0 saturated carbocycles. The van der Waals surface area contributed by atoms with Crippen molar-refractivity contribution in [3.63, 3.8) is 0 Å². The summed E-state index contributed by atoms with van der Waals surface area (Å²) in [7, 11) is 0. The second-order valence-electron chi connectivity index (χ2n) is 4.22. The van der Waals surface area contributed by atoms with Crippen LogP contribution in [-0.4, -0.2) is 54.3 Å². The van der Waals surface area contributed by atoms with Crippen LogP contribution >= 0.6 is 0 Å². The van der Waals surface area contributed by atoms with Crippen molar-refractivity contribution in [1.29, 1.82) is 0 Å². The quantitative estimate of drug-likeness (QED) is 0.337. The van der Waals surface area contributed by atoms with E-state index in [4.69, 9.17) is 9.47 Å². The second-order valence-corrected chi connectivity index (χ2v) is 4.22. The van der Waals surface area contributed by atoms with Gasteiger partial charge in [-0.15, -0.1) is 0 Å². The molecule has 9 heteroatoms. The number of hydrogen-bond acceptors (Lipinski definition) is 7. The zero-order chi connectivity index (χ0) is 17.3. The van der Waals surface area contributed by atoms with E-state index >= 15 is 0 Å². The number of carbonyl (C=O) groups is 4. The lowest BCUT2D eigenvalue weighted by molar-refractivity contribution is -0.161. The van der Waals surface area contributed by atoms with Gasteiger partial charge in [-0.05, 0) is 34.6 Å². The van der Waals surface area contributed by atoms with Crippen molar-refractivity contribution in [2.75, 3.05) is 19.8 Å². The molecule has 9 nitrogen and oxygen atoms in total. The van der Waals surface area contributed by atoms with Crippen LogP contribution in [0.1, 0.15) is 34.6 Å². The Labute approximate surface area is 128 Å². The minimum atomic E-state index is -2.07. The number of esters is 1. The van der Waals surface area contributed by atoms with Gasteiger partial charge in [0.05, 0.1) is 19.8 Å². The van der Waals surface area contributed by atoms with Crippen molar-refractivity contribution in [1.82, 2.24) is 10.4 Å². The van der Waals surface area contributed by atoms with E-state index in [2.05, 4.69) is 4.74 Å². The van der Waals surface area contributed by atoms with Crippen LogP contribution in [0.2, 0.25) is 0 Å². The van der Waals surface area contributed by atoms with Crippen molar-refractivity contribution in [3.05, 3.63) is 0 Å². The number of carbonyl (C=O) groups excluding carboxylic acids is 4. The van der Waals surface area contributed by atoms with Gasteiger partial charge in [0, 0.05) is 0 Å². The highest BCUT2D eigenvalue weighted by atomic mass is 16.6. The van der Waals surface area contributed by atoms with E-state index in [1.165, 1.54) is 6.92 Å². The first-order valence-electron chi connectivity index (χ1n) is 6.84. The Morgan fingerprint density at radius 2 is 1.45 bits per heavy atom. The summed E-state index contributed by atoms with van der Waals surface area (Å²) in [5, 5.41) is 0.481. The highest BCUT2D eigenvalue weighted by Gasteiger charge is 2.50. The van der Waals surface area contributed by atoms with Crippen LogP contribution in [0.5, 0.6) is 0 Å². The number of Topliss-reactive ketones (excluding diaryl/α,β-unsaturated/α-hetero) is 1. The summed E-state index contributed by atoms with van der Waals surface area (Å²) < 4.78 is 14.2. The number of rotatable bonds is 6. The van der Waals surface area contributed by atoms with Crippen LogP contribution in [0.15, 0.2) is 0 Å². The monoisotopic (exact) mass is 318 g/mol. The average Bonchev–Trinajstić information content (AvgIpc) is 2.44. The predicted molar refractivity (Wildman–Crippen MR) is 74.7 cm³/mol. The van der Waals surface area contributed by atoms with Crippen LogP contribution in [-0.2, 0) is 23.8 Å². The van der Waals surface area contributed by atoms with Crippen LogP contribution in [0, 0.1) is 0 Å². The molecule has 0 radical (unpaired) electrons. The van der Waals surface area contributed by atoms with Gasteiger partial charge >= 0.3 is 18.2 Å². The lowest BCUT2D eigenvalue weighted by Crippen LogP contribution is -2.66. The average molecular weight is 318 g/mol. The summed E-state index contributed by atoms with van der Waals surface area (Å²) in [6.45, 7) is 6.91. The fourth-order valence-electron chi connectivity index (χ4n) is 1.45. The summed E-state index contributed by atoms with van der Waals surface area (Å²) in [5.74, 6) is -1.71. The van der Waals surface area contributed by atoms with Gasteiger partial charge in [0.2, 0.25) is 5.54 Å². The van der Waals surface area contributed by atoms with E-state index in [0.717, 1.165) is 13.8 Å². The van der Waals surface area contributed by atoms with E-state index in [1.807, 2.05) is 5.43 Å². The molecule has 126 valence electrons. The van der Waals surface area contributed by atoms with Gasteiger partial charge in [-0.25, -0.2) is 19.8 Å². The van der Waals surface area contributed by atoms with Gasteiger partial charge in [-0.3, -0.25) is 4.79 Å². The molecule has 0 bridgehead atoms. The van der Waals surface area contributed by atoms with E-state index < -0.39 is 29.5 Å². The second kappa shape index (κ2) is 8.85. The van der Waals surface area contributed by atoms with Gasteiger partial charge in [-0.1, -0.05) is 0 Å². The number of ether oxygens (including phenoxy) is 3. The zero-order valence-electron chi connectivity index (χ0n) is 13.4. The number of nitrogens with one attached hydrogen (secondary N) is 1. The van der Waals surface area contributed by atoms with Gasteiger partial charge in [0.1, 0.15) is 0 Å². The topological polar surface area (TPSA) is 111 Å². The summed E-state index contributed by atoms with van der Waals surface area (Å²) >= 11 is 0. The molecule has 2 amide bonds. The van der Waals surface area contributed by atoms with E-state index in [1.54, 1.807) is 13.8 Å². The Bertz CT molecular complexity index is 438. The number of nitrogens with zero attached hydrogens (tertiary/aromatic N) is 1. The highest BCUT2D eigenvalue weighted by molar-refractivity contribution is 6.09. The minimum Gasteiger partial charge on any atom is -0.464 e. The standard InChI is InChI=1S/C13H22N2O7/c1-6-20-10(17)13(5,9(4)16)15(12(19)22-8-3)14-11(18)21-7-2/h6-8H2,1-5H3,(H,14,18). The first-order valence-corrected chi connectivity index (χ1v) is 6.84. The summed E-state index contributed by atoms with van der Waals surface area (Å²) in [6.07, 6.45) is -2.09. The predicted octanol–water partition coefficient (Wildman–Crippen LogP) is 1.02. The first kappa shape index (κ1) is 19.7. The SMILES string of the molecule is CCOC(=O)NN(C(=O)OCC)C(C)(C(C)=O)C(=O)OCC. The smallest absolute Gasteiger partial charge is 0.430 e. The largest absolute Gasteiger partial charge is 0.464 e. The number of hydrogen-bond donors (Lipinski definition) is 1. The van der Waals surface area contributed by atoms with Crippen molar-refractivity contribution in [3.8, 4) is 0 Å². The Hall–Kier alpha value is -2.32. The number of amides is 2. The van der Waals surface area contributed by atoms with E-state index in [-0.39, 0.29) is 19.8 Å². The molecule has 22 heavy (non-hydrogen) atoms. The Morgan fingerprint density at radius 3 is 1.86 bits per heavy atom. The lowest BCUT2D eigenvalue weighted by atomic mass is 9.97. The van der Waals surface area contributed by atoms with Gasteiger partial charge < -0.3 is 14.2 Å². The van der Waals surface area contributed by atoms with E-state index in [9.17, 15) is 19.2 Å². The third-order valence-electron chi connectivity index (χ3n) is 2.73. The summed E-state index contributed by atoms with van der Waals surface area (Å²) in [4.78, 5) is 47.6. The molecule has 0 aromatic heterocycles. The fraction of sp³-hybridized carbons (Fsp3) is 0.692. The summed E-state index contributed by atoms with van der Waals surface area (Å²) in [6, 6.07) is 0. The molecule has 0 saturated heterocycles. The molecular formula is C13H22N2O7. The molecule has 0 aromatic rings. The molecule has 1 atom stereocenters. The Kier molecular flexibility index (Phi) is 7.92. The minimum absolute atomic E-state index is 0.00221. The van der Waals surface area contributed by atoms with Gasteiger partial charge in [0.25, 0.3) is 0 Å². The Balaban J connectivity index is 5.64. The van der Waals surface area contributed by atoms with Crippen molar-refractivity contribution in [2.24, 2.45) is 0 Å². The molecule has 1 unspecified atom stereocenters. The molecule has 0 aromatic carbocycles. The maximum Gasteiger partial charge on any atom is 0.430 e. The maximum absolute atomic E-state index is 12.1. The van der Waals surface area contributed by atoms with Gasteiger partial charge in [0.15, 0.2) is 5.78 Å². The molecule has 0 aliphatic heterocycles. The van der Waals surface area contributed by atoms with Crippen LogP contribution in [0.3, 0.4) is 0 Å². The zero-order valence-corrected chi connectivity index (χ0v) is 13.4.